The van der Waals surface area contributed by atoms with Crippen LogP contribution in [-0.2, 0) is 11.3 Å². The van der Waals surface area contributed by atoms with E-state index in [2.05, 4.69) is 5.32 Å². The standard InChI is InChI=1S/C21H25N3O2S2/c1-12(2)24-20(26)17-13(3)14(4)27-19(17)23-21(24)28-15(5)18(25)22-11-16-9-7-6-8-10-16/h6-10,12,15H,11H2,1-5H3,(H,22,25)/t15-/m1/s1. The molecule has 28 heavy (non-hydrogen) atoms. The Labute approximate surface area is 173 Å². The number of hydrogen-bond acceptors (Lipinski definition) is 5. The van der Waals surface area contributed by atoms with Gasteiger partial charge in [-0.1, -0.05) is 42.1 Å². The van der Waals surface area contributed by atoms with Gasteiger partial charge in [0.05, 0.1) is 10.6 Å². The maximum absolute atomic E-state index is 13.1. The van der Waals surface area contributed by atoms with Gasteiger partial charge < -0.3 is 5.32 Å². The SMILES string of the molecule is Cc1sc2nc(S[C@H](C)C(=O)NCc3ccccc3)n(C(C)C)c(=O)c2c1C. The molecule has 0 saturated carbocycles. The molecule has 0 spiro atoms. The van der Waals surface area contributed by atoms with Crippen LogP contribution in [-0.4, -0.2) is 20.7 Å². The zero-order chi connectivity index (χ0) is 20.4. The van der Waals surface area contributed by atoms with Gasteiger partial charge in [0.2, 0.25) is 5.91 Å². The summed E-state index contributed by atoms with van der Waals surface area (Å²) in [6, 6.07) is 9.77. The molecule has 2 aromatic heterocycles. The lowest BCUT2D eigenvalue weighted by Crippen LogP contribution is -2.32. The molecule has 0 saturated heterocycles. The van der Waals surface area contributed by atoms with E-state index in [9.17, 15) is 9.59 Å². The molecule has 7 heteroatoms. The first-order valence-electron chi connectivity index (χ1n) is 9.30. The normalized spacial score (nSPS) is 12.5. The Morgan fingerprint density at radius 3 is 2.54 bits per heavy atom. The molecule has 0 aliphatic heterocycles. The van der Waals surface area contributed by atoms with Crippen LogP contribution in [0.25, 0.3) is 10.2 Å². The molecule has 1 aromatic carbocycles. The second-order valence-electron chi connectivity index (χ2n) is 7.09. The molecule has 0 fully saturated rings. The molecule has 0 bridgehead atoms. The monoisotopic (exact) mass is 415 g/mol. The van der Waals surface area contributed by atoms with Crippen molar-refractivity contribution in [2.75, 3.05) is 0 Å². The van der Waals surface area contributed by atoms with Crippen molar-refractivity contribution >= 4 is 39.2 Å². The van der Waals surface area contributed by atoms with E-state index < -0.39 is 0 Å². The van der Waals surface area contributed by atoms with Gasteiger partial charge in [-0.05, 0) is 45.7 Å². The summed E-state index contributed by atoms with van der Waals surface area (Å²) in [5.74, 6) is -0.0722. The molecule has 5 nitrogen and oxygen atoms in total. The van der Waals surface area contributed by atoms with E-state index >= 15 is 0 Å². The van der Waals surface area contributed by atoms with Gasteiger partial charge in [0, 0.05) is 17.5 Å². The molecule has 2 heterocycles. The maximum atomic E-state index is 13.1. The summed E-state index contributed by atoms with van der Waals surface area (Å²) in [6.45, 7) is 10.2. The van der Waals surface area contributed by atoms with E-state index in [4.69, 9.17) is 4.98 Å². The number of amides is 1. The molecule has 0 radical (unpaired) electrons. The van der Waals surface area contributed by atoms with E-state index in [1.165, 1.54) is 23.1 Å². The maximum Gasteiger partial charge on any atom is 0.263 e. The lowest BCUT2D eigenvalue weighted by atomic mass is 10.2. The number of hydrogen-bond donors (Lipinski definition) is 1. The Hall–Kier alpha value is -2.12. The van der Waals surface area contributed by atoms with E-state index in [0.717, 1.165) is 20.8 Å². The molecular weight excluding hydrogens is 390 g/mol. The van der Waals surface area contributed by atoms with Crippen LogP contribution in [0.1, 0.15) is 42.8 Å². The van der Waals surface area contributed by atoms with Crippen molar-refractivity contribution in [2.24, 2.45) is 0 Å². The van der Waals surface area contributed by atoms with Crippen molar-refractivity contribution in [3.8, 4) is 0 Å². The van der Waals surface area contributed by atoms with Gasteiger partial charge in [0.25, 0.3) is 5.56 Å². The van der Waals surface area contributed by atoms with Crippen LogP contribution in [0.5, 0.6) is 0 Å². The third-order valence-electron chi connectivity index (χ3n) is 4.68. The Kier molecular flexibility index (Phi) is 6.25. The average Bonchev–Trinajstić information content (AvgIpc) is 2.94. The van der Waals surface area contributed by atoms with Gasteiger partial charge >= 0.3 is 0 Å². The topological polar surface area (TPSA) is 64.0 Å². The summed E-state index contributed by atoms with van der Waals surface area (Å²) in [4.78, 5) is 32.3. The fourth-order valence-electron chi connectivity index (χ4n) is 2.97. The summed E-state index contributed by atoms with van der Waals surface area (Å²) >= 11 is 2.86. The summed E-state index contributed by atoms with van der Waals surface area (Å²) in [5, 5.41) is 3.89. The number of carbonyl (C=O) groups is 1. The lowest BCUT2D eigenvalue weighted by molar-refractivity contribution is -0.120. The van der Waals surface area contributed by atoms with Crippen LogP contribution >= 0.6 is 23.1 Å². The number of benzene rings is 1. The number of thioether (sulfide) groups is 1. The van der Waals surface area contributed by atoms with Gasteiger partial charge in [0.15, 0.2) is 5.16 Å². The van der Waals surface area contributed by atoms with Crippen molar-refractivity contribution in [3.05, 3.63) is 56.7 Å². The van der Waals surface area contributed by atoms with Crippen molar-refractivity contribution in [1.82, 2.24) is 14.9 Å². The molecule has 0 unspecified atom stereocenters. The Balaban J connectivity index is 1.85. The number of nitrogens with one attached hydrogen (secondary N) is 1. The Bertz CT molecular complexity index is 1050. The number of thiophene rings is 1. The molecular formula is C21H25N3O2S2. The van der Waals surface area contributed by atoms with Crippen molar-refractivity contribution in [1.29, 1.82) is 0 Å². The number of carbonyl (C=O) groups excluding carboxylic acids is 1. The minimum absolute atomic E-state index is 0.0266. The first kappa shape index (κ1) is 20.6. The smallest absolute Gasteiger partial charge is 0.263 e. The van der Waals surface area contributed by atoms with E-state index in [1.54, 1.807) is 4.57 Å². The molecule has 3 rings (SSSR count). The molecule has 1 amide bonds. The minimum Gasteiger partial charge on any atom is -0.351 e. The number of aromatic nitrogens is 2. The highest BCUT2D eigenvalue weighted by molar-refractivity contribution is 8.00. The molecule has 0 aliphatic rings. The summed E-state index contributed by atoms with van der Waals surface area (Å²) in [7, 11) is 0. The fourth-order valence-corrected chi connectivity index (χ4v) is 5.10. The second-order valence-corrected chi connectivity index (χ2v) is 9.60. The molecule has 1 atom stereocenters. The highest BCUT2D eigenvalue weighted by atomic mass is 32.2. The number of rotatable bonds is 6. The minimum atomic E-state index is -0.361. The highest BCUT2D eigenvalue weighted by Crippen LogP contribution is 2.30. The fraction of sp³-hybridized carbons (Fsp3) is 0.381. The predicted octanol–water partition coefficient (Wildman–Crippen LogP) is 4.45. The zero-order valence-electron chi connectivity index (χ0n) is 16.8. The lowest BCUT2D eigenvalue weighted by Gasteiger charge is -2.18. The predicted molar refractivity (Wildman–Crippen MR) is 117 cm³/mol. The van der Waals surface area contributed by atoms with Gasteiger partial charge in [0.1, 0.15) is 4.83 Å². The zero-order valence-corrected chi connectivity index (χ0v) is 18.4. The Morgan fingerprint density at radius 2 is 1.89 bits per heavy atom. The van der Waals surface area contributed by atoms with Crippen molar-refractivity contribution in [2.45, 2.75) is 57.6 Å². The summed E-state index contributed by atoms with van der Waals surface area (Å²) in [5.41, 5.74) is 2.02. The summed E-state index contributed by atoms with van der Waals surface area (Å²) in [6.07, 6.45) is 0. The van der Waals surface area contributed by atoms with Crippen molar-refractivity contribution in [3.63, 3.8) is 0 Å². The van der Waals surface area contributed by atoms with E-state index in [1.807, 2.05) is 65.0 Å². The van der Waals surface area contributed by atoms with Crippen LogP contribution in [0.3, 0.4) is 0 Å². The van der Waals surface area contributed by atoms with Gasteiger partial charge in [-0.2, -0.15) is 0 Å². The number of nitrogens with zero attached hydrogens (tertiary/aromatic N) is 2. The van der Waals surface area contributed by atoms with Crippen LogP contribution in [0.4, 0.5) is 0 Å². The van der Waals surface area contributed by atoms with Crippen LogP contribution in [0, 0.1) is 13.8 Å². The molecule has 3 aromatic rings. The highest BCUT2D eigenvalue weighted by Gasteiger charge is 2.22. The van der Waals surface area contributed by atoms with Crippen LogP contribution < -0.4 is 10.9 Å². The third-order valence-corrected chi connectivity index (χ3v) is 6.85. The van der Waals surface area contributed by atoms with Crippen LogP contribution in [0.15, 0.2) is 40.3 Å². The van der Waals surface area contributed by atoms with Crippen LogP contribution in [0.2, 0.25) is 0 Å². The third kappa shape index (κ3) is 4.15. The van der Waals surface area contributed by atoms with Gasteiger partial charge in [-0.3, -0.25) is 14.2 Å². The van der Waals surface area contributed by atoms with E-state index in [-0.39, 0.29) is 22.8 Å². The number of aryl methyl sites for hydroxylation is 2. The number of fused-ring (bicyclic) bond motifs is 1. The van der Waals surface area contributed by atoms with Gasteiger partial charge in [-0.15, -0.1) is 11.3 Å². The molecule has 148 valence electrons. The first-order chi connectivity index (χ1) is 13.3. The largest absolute Gasteiger partial charge is 0.351 e. The molecule has 1 N–H and O–H groups in total. The first-order valence-corrected chi connectivity index (χ1v) is 11.0. The average molecular weight is 416 g/mol. The van der Waals surface area contributed by atoms with Gasteiger partial charge in [-0.25, -0.2) is 4.98 Å². The van der Waals surface area contributed by atoms with Crippen molar-refractivity contribution < 1.29 is 4.79 Å². The summed E-state index contributed by atoms with van der Waals surface area (Å²) < 4.78 is 1.70. The molecule has 0 aliphatic carbocycles. The quantitative estimate of drug-likeness (QED) is 0.477. The van der Waals surface area contributed by atoms with E-state index in [0.29, 0.717) is 17.1 Å². The Morgan fingerprint density at radius 1 is 1.21 bits per heavy atom. The second kappa shape index (κ2) is 8.49.